The fourth-order valence-corrected chi connectivity index (χ4v) is 1.10. The van der Waals surface area contributed by atoms with Crippen LogP contribution in [0.5, 0.6) is 0 Å². The predicted octanol–water partition coefficient (Wildman–Crippen LogP) is 1.25. The molecular weight excluding hydrogens is 146 g/mol. The third kappa shape index (κ3) is 0.690. The Hall–Kier alpha value is -1.03. The molecule has 0 aliphatic rings. The molecule has 4 heteroatoms. The van der Waals surface area contributed by atoms with Gasteiger partial charge < -0.3 is 4.98 Å². The first-order valence-corrected chi connectivity index (χ1v) is 3.29. The summed E-state index contributed by atoms with van der Waals surface area (Å²) in [6.45, 7) is 0. The minimum atomic E-state index is 0.859. The Morgan fingerprint density at radius 3 is 3.20 bits per heavy atom. The Morgan fingerprint density at radius 1 is 1.50 bits per heavy atom. The molecule has 50 valence electrons. The lowest BCUT2D eigenvalue weighted by Crippen LogP contribution is -1.75. The second-order valence-corrected chi connectivity index (χ2v) is 2.44. The molecular formula is C6H5N3S. The molecule has 0 unspecified atom stereocenters. The number of thiol groups is 1. The van der Waals surface area contributed by atoms with E-state index in [2.05, 4.69) is 27.6 Å². The highest BCUT2D eigenvalue weighted by Crippen LogP contribution is 2.16. The molecule has 2 heterocycles. The fraction of sp³-hybridized carbons (Fsp3) is 0. The fourth-order valence-electron chi connectivity index (χ4n) is 0.854. The molecule has 0 saturated carbocycles. The molecule has 3 nitrogen and oxygen atoms in total. The van der Waals surface area contributed by atoms with Crippen molar-refractivity contribution in [3.8, 4) is 0 Å². The van der Waals surface area contributed by atoms with Gasteiger partial charge in [0.1, 0.15) is 11.8 Å². The Morgan fingerprint density at radius 2 is 2.40 bits per heavy atom. The van der Waals surface area contributed by atoms with Gasteiger partial charge in [0.05, 0.1) is 11.7 Å². The minimum Gasteiger partial charge on any atom is -0.357 e. The molecule has 0 bridgehead atoms. The van der Waals surface area contributed by atoms with Gasteiger partial charge in [0, 0.05) is 11.1 Å². The second-order valence-electron chi connectivity index (χ2n) is 1.96. The molecule has 0 fully saturated rings. The summed E-state index contributed by atoms with van der Waals surface area (Å²) in [6.07, 6.45) is 5.03. The number of aromatic nitrogens is 3. The van der Waals surface area contributed by atoms with Crippen molar-refractivity contribution in [3.63, 3.8) is 0 Å². The van der Waals surface area contributed by atoms with Crippen molar-refractivity contribution in [2.45, 2.75) is 4.90 Å². The zero-order valence-corrected chi connectivity index (χ0v) is 5.97. The largest absolute Gasteiger partial charge is 0.357 e. The summed E-state index contributed by atoms with van der Waals surface area (Å²) in [5, 5.41) is 0. The van der Waals surface area contributed by atoms with Crippen LogP contribution in [0, 0.1) is 0 Å². The van der Waals surface area contributed by atoms with Crippen molar-refractivity contribution in [1.29, 1.82) is 0 Å². The third-order valence-electron chi connectivity index (χ3n) is 1.32. The van der Waals surface area contributed by atoms with Crippen LogP contribution in [0.25, 0.3) is 11.0 Å². The Kier molecular flexibility index (Phi) is 1.14. The Balaban J connectivity index is 2.93. The maximum Gasteiger partial charge on any atom is 0.116 e. The number of hydrogen-bond donors (Lipinski definition) is 2. The molecule has 0 spiro atoms. The highest BCUT2D eigenvalue weighted by atomic mass is 32.1. The monoisotopic (exact) mass is 151 g/mol. The quantitative estimate of drug-likeness (QED) is 0.556. The van der Waals surface area contributed by atoms with Crippen molar-refractivity contribution >= 4 is 23.7 Å². The third-order valence-corrected chi connectivity index (χ3v) is 1.66. The standard InChI is InChI=1S/C6H5N3S/c10-5-2-8-4-1-7-3-9-6(4)5/h1-3,8,10H. The molecule has 2 rings (SSSR count). The molecule has 0 aliphatic carbocycles. The van der Waals surface area contributed by atoms with Crippen LogP contribution < -0.4 is 0 Å². The zero-order chi connectivity index (χ0) is 6.97. The van der Waals surface area contributed by atoms with Gasteiger partial charge >= 0.3 is 0 Å². The van der Waals surface area contributed by atoms with Gasteiger partial charge in [-0.1, -0.05) is 0 Å². The summed E-state index contributed by atoms with van der Waals surface area (Å²) < 4.78 is 0. The molecule has 2 aromatic heterocycles. The zero-order valence-electron chi connectivity index (χ0n) is 5.07. The van der Waals surface area contributed by atoms with E-state index in [9.17, 15) is 0 Å². The minimum absolute atomic E-state index is 0.859. The molecule has 0 aliphatic heterocycles. The van der Waals surface area contributed by atoms with E-state index in [1.807, 2.05) is 0 Å². The average molecular weight is 151 g/mol. The number of nitrogens with zero attached hydrogens (tertiary/aromatic N) is 2. The van der Waals surface area contributed by atoms with Crippen LogP contribution in [-0.4, -0.2) is 15.0 Å². The van der Waals surface area contributed by atoms with E-state index in [0.717, 1.165) is 15.9 Å². The highest BCUT2D eigenvalue weighted by molar-refractivity contribution is 7.80. The van der Waals surface area contributed by atoms with E-state index in [4.69, 9.17) is 0 Å². The van der Waals surface area contributed by atoms with Crippen molar-refractivity contribution in [3.05, 3.63) is 18.7 Å². The van der Waals surface area contributed by atoms with Gasteiger partial charge in [-0.25, -0.2) is 9.97 Å². The summed E-state index contributed by atoms with van der Waals surface area (Å²) in [5.74, 6) is 0. The first-order valence-electron chi connectivity index (χ1n) is 2.84. The maximum absolute atomic E-state index is 4.18. The van der Waals surface area contributed by atoms with Crippen LogP contribution >= 0.6 is 12.6 Å². The molecule has 10 heavy (non-hydrogen) atoms. The normalized spacial score (nSPS) is 10.5. The van der Waals surface area contributed by atoms with Crippen LogP contribution in [0.3, 0.4) is 0 Å². The summed E-state index contributed by atoms with van der Waals surface area (Å²) in [4.78, 5) is 11.7. The average Bonchev–Trinajstić information content (AvgIpc) is 2.34. The second kappa shape index (κ2) is 1.98. The molecule has 0 amide bonds. The number of fused-ring (bicyclic) bond motifs is 1. The molecule has 1 N–H and O–H groups in total. The van der Waals surface area contributed by atoms with E-state index in [1.54, 1.807) is 12.4 Å². The first kappa shape index (κ1) is 5.73. The number of H-pyrrole nitrogens is 1. The molecule has 0 aromatic carbocycles. The van der Waals surface area contributed by atoms with Gasteiger partial charge in [0.15, 0.2) is 0 Å². The smallest absolute Gasteiger partial charge is 0.116 e. The van der Waals surface area contributed by atoms with Gasteiger partial charge in [-0.15, -0.1) is 12.6 Å². The van der Waals surface area contributed by atoms with Crippen LogP contribution in [0.15, 0.2) is 23.6 Å². The van der Waals surface area contributed by atoms with Gasteiger partial charge in [0.2, 0.25) is 0 Å². The van der Waals surface area contributed by atoms with Crippen LogP contribution in [0.2, 0.25) is 0 Å². The Bertz CT molecular complexity index is 355. The van der Waals surface area contributed by atoms with E-state index in [0.29, 0.717) is 0 Å². The van der Waals surface area contributed by atoms with Gasteiger partial charge in [-0.3, -0.25) is 0 Å². The summed E-state index contributed by atoms with van der Waals surface area (Å²) in [5.41, 5.74) is 1.80. The topological polar surface area (TPSA) is 41.6 Å². The van der Waals surface area contributed by atoms with Crippen LogP contribution in [0.1, 0.15) is 0 Å². The van der Waals surface area contributed by atoms with E-state index in [1.165, 1.54) is 6.33 Å². The number of rotatable bonds is 0. The lowest BCUT2D eigenvalue weighted by Gasteiger charge is -1.84. The van der Waals surface area contributed by atoms with Crippen molar-refractivity contribution < 1.29 is 0 Å². The summed E-state index contributed by atoms with van der Waals surface area (Å²) in [6, 6.07) is 0. The van der Waals surface area contributed by atoms with Crippen molar-refractivity contribution in [2.75, 3.05) is 0 Å². The van der Waals surface area contributed by atoms with Gasteiger partial charge in [-0.2, -0.15) is 0 Å². The summed E-state index contributed by atoms with van der Waals surface area (Å²) in [7, 11) is 0. The van der Waals surface area contributed by atoms with E-state index >= 15 is 0 Å². The van der Waals surface area contributed by atoms with E-state index in [-0.39, 0.29) is 0 Å². The van der Waals surface area contributed by atoms with Crippen LogP contribution in [0.4, 0.5) is 0 Å². The van der Waals surface area contributed by atoms with Gasteiger partial charge in [0.25, 0.3) is 0 Å². The number of hydrogen-bond acceptors (Lipinski definition) is 3. The highest BCUT2D eigenvalue weighted by Gasteiger charge is 1.97. The van der Waals surface area contributed by atoms with Crippen molar-refractivity contribution in [2.24, 2.45) is 0 Å². The molecule has 0 saturated heterocycles. The number of aromatic amines is 1. The lowest BCUT2D eigenvalue weighted by molar-refractivity contribution is 1.21. The van der Waals surface area contributed by atoms with Crippen LogP contribution in [-0.2, 0) is 0 Å². The summed E-state index contributed by atoms with van der Waals surface area (Å²) >= 11 is 4.18. The SMILES string of the molecule is Sc1c[nH]c2cncnc12. The predicted molar refractivity (Wildman–Crippen MR) is 41.1 cm³/mol. The van der Waals surface area contributed by atoms with E-state index < -0.39 is 0 Å². The lowest BCUT2D eigenvalue weighted by atomic mass is 10.5. The Labute approximate surface area is 62.9 Å². The molecule has 0 atom stereocenters. The molecule has 0 radical (unpaired) electrons. The number of nitrogens with one attached hydrogen (secondary N) is 1. The van der Waals surface area contributed by atoms with Crippen molar-refractivity contribution in [1.82, 2.24) is 15.0 Å². The van der Waals surface area contributed by atoms with Gasteiger partial charge in [-0.05, 0) is 0 Å². The first-order chi connectivity index (χ1) is 4.88. The maximum atomic E-state index is 4.18. The molecule has 2 aromatic rings.